The summed E-state index contributed by atoms with van der Waals surface area (Å²) in [6, 6.07) is 12.9. The van der Waals surface area contributed by atoms with Gasteiger partial charge in [-0.1, -0.05) is 42.5 Å². The lowest BCUT2D eigenvalue weighted by Crippen LogP contribution is -2.35. The van der Waals surface area contributed by atoms with Crippen LogP contribution in [0.3, 0.4) is 0 Å². The number of hydrogen-bond donors (Lipinski definition) is 0. The van der Waals surface area contributed by atoms with E-state index < -0.39 is 0 Å². The Kier molecular flexibility index (Phi) is 5.66. The maximum Gasteiger partial charge on any atom is 0.226 e. The quantitative estimate of drug-likeness (QED) is 0.810. The first-order valence-electron chi connectivity index (χ1n) is 8.80. The number of likely N-dealkylation sites (tertiary alicyclic amines) is 1. The number of nitrogens with zero attached hydrogens (tertiary/aromatic N) is 5. The molecule has 132 valence electrons. The Hall–Kier alpha value is -2.40. The first kappa shape index (κ1) is 17.4. The summed E-state index contributed by atoms with van der Waals surface area (Å²) in [5.74, 6) is 1.75. The Labute approximate surface area is 150 Å². The van der Waals surface area contributed by atoms with E-state index in [1.807, 2.05) is 37.3 Å². The van der Waals surface area contributed by atoms with E-state index >= 15 is 0 Å². The van der Waals surface area contributed by atoms with E-state index in [9.17, 15) is 0 Å². The molecule has 1 aliphatic rings. The summed E-state index contributed by atoms with van der Waals surface area (Å²) in [6.45, 7) is 3.18. The van der Waals surface area contributed by atoms with Gasteiger partial charge in [-0.05, 0) is 18.1 Å². The molecule has 5 nitrogen and oxygen atoms in total. The molecule has 25 heavy (non-hydrogen) atoms. The van der Waals surface area contributed by atoms with Crippen LogP contribution in [-0.4, -0.2) is 61.7 Å². The van der Waals surface area contributed by atoms with Gasteiger partial charge in [-0.3, -0.25) is 4.90 Å². The van der Waals surface area contributed by atoms with Crippen molar-refractivity contribution in [2.75, 3.05) is 50.6 Å². The average molecular weight is 337 g/mol. The summed E-state index contributed by atoms with van der Waals surface area (Å²) in [5, 5.41) is 0. The molecular formula is C20H27N5. The van der Waals surface area contributed by atoms with Gasteiger partial charge in [-0.25, -0.2) is 4.98 Å². The van der Waals surface area contributed by atoms with Crippen LogP contribution in [0.1, 0.15) is 12.0 Å². The van der Waals surface area contributed by atoms with Crippen LogP contribution in [0.25, 0.3) is 6.08 Å². The summed E-state index contributed by atoms with van der Waals surface area (Å²) >= 11 is 0. The average Bonchev–Trinajstić information content (AvgIpc) is 3.11. The van der Waals surface area contributed by atoms with Crippen LogP contribution in [0.2, 0.25) is 0 Å². The van der Waals surface area contributed by atoms with Gasteiger partial charge in [-0.2, -0.15) is 4.98 Å². The molecule has 5 heteroatoms. The van der Waals surface area contributed by atoms with E-state index in [0.29, 0.717) is 6.04 Å². The van der Waals surface area contributed by atoms with Crippen LogP contribution in [-0.2, 0) is 0 Å². The van der Waals surface area contributed by atoms with Gasteiger partial charge in [0.2, 0.25) is 5.95 Å². The Morgan fingerprint density at radius 2 is 1.96 bits per heavy atom. The zero-order valence-electron chi connectivity index (χ0n) is 15.3. The third kappa shape index (κ3) is 4.57. The van der Waals surface area contributed by atoms with Gasteiger partial charge in [0.25, 0.3) is 0 Å². The number of likely N-dealkylation sites (N-methyl/N-ethyl adjacent to an activating group) is 1. The number of aromatic nitrogens is 2. The predicted octanol–water partition coefficient (Wildman–Crippen LogP) is 2.77. The Morgan fingerprint density at radius 3 is 2.72 bits per heavy atom. The fourth-order valence-electron chi connectivity index (χ4n) is 3.13. The lowest BCUT2D eigenvalue weighted by Gasteiger charge is -2.26. The predicted molar refractivity (Wildman–Crippen MR) is 105 cm³/mol. The highest BCUT2D eigenvalue weighted by atomic mass is 15.3. The van der Waals surface area contributed by atoms with Gasteiger partial charge in [0.05, 0.1) is 0 Å². The van der Waals surface area contributed by atoms with Crippen molar-refractivity contribution < 1.29 is 0 Å². The number of hydrogen-bond acceptors (Lipinski definition) is 5. The highest BCUT2D eigenvalue weighted by molar-refractivity contribution is 5.49. The summed E-state index contributed by atoms with van der Waals surface area (Å²) in [4.78, 5) is 15.7. The van der Waals surface area contributed by atoms with Crippen LogP contribution in [0.5, 0.6) is 0 Å². The fraction of sp³-hybridized carbons (Fsp3) is 0.400. The summed E-state index contributed by atoms with van der Waals surface area (Å²) in [7, 11) is 6.07. The van der Waals surface area contributed by atoms with Crippen LogP contribution in [0.15, 0.2) is 48.7 Å². The molecule has 1 aromatic heterocycles. The van der Waals surface area contributed by atoms with E-state index in [4.69, 9.17) is 0 Å². The molecule has 1 aromatic carbocycles. The Balaban J connectivity index is 1.55. The first-order chi connectivity index (χ1) is 12.1. The SMILES string of the molecule is CN(C)c1nccc(N(C)C2CCN(C/C=C/c3ccccc3)C2)n1. The molecule has 0 bridgehead atoms. The van der Waals surface area contributed by atoms with Crippen molar-refractivity contribution in [3.63, 3.8) is 0 Å². The second-order valence-corrected chi connectivity index (χ2v) is 6.74. The largest absolute Gasteiger partial charge is 0.355 e. The second-order valence-electron chi connectivity index (χ2n) is 6.74. The first-order valence-corrected chi connectivity index (χ1v) is 8.80. The second kappa shape index (κ2) is 8.12. The Bertz CT molecular complexity index is 698. The summed E-state index contributed by atoms with van der Waals surface area (Å²) < 4.78 is 0. The molecule has 0 radical (unpaired) electrons. The zero-order chi connectivity index (χ0) is 17.6. The van der Waals surface area contributed by atoms with Crippen LogP contribution < -0.4 is 9.80 Å². The molecule has 1 unspecified atom stereocenters. The molecule has 2 aromatic rings. The lowest BCUT2D eigenvalue weighted by atomic mass is 10.2. The van der Waals surface area contributed by atoms with Crippen molar-refractivity contribution in [1.82, 2.24) is 14.9 Å². The summed E-state index contributed by atoms with van der Waals surface area (Å²) in [5.41, 5.74) is 1.26. The normalized spacial score (nSPS) is 18.0. The topological polar surface area (TPSA) is 35.5 Å². The van der Waals surface area contributed by atoms with Crippen LogP contribution >= 0.6 is 0 Å². The Morgan fingerprint density at radius 1 is 1.16 bits per heavy atom. The van der Waals surface area contributed by atoms with Gasteiger partial charge in [0.1, 0.15) is 5.82 Å². The minimum absolute atomic E-state index is 0.495. The third-order valence-electron chi connectivity index (χ3n) is 4.66. The molecule has 3 rings (SSSR count). The minimum atomic E-state index is 0.495. The van der Waals surface area contributed by atoms with Crippen molar-refractivity contribution in [3.05, 3.63) is 54.2 Å². The van der Waals surface area contributed by atoms with E-state index in [1.54, 1.807) is 0 Å². The van der Waals surface area contributed by atoms with Crippen molar-refractivity contribution in [2.45, 2.75) is 12.5 Å². The molecule has 2 heterocycles. The van der Waals surface area contributed by atoms with E-state index in [1.165, 1.54) is 5.56 Å². The molecule has 0 saturated carbocycles. The molecular weight excluding hydrogens is 310 g/mol. The molecule has 0 aliphatic carbocycles. The highest BCUT2D eigenvalue weighted by Crippen LogP contribution is 2.21. The number of anilines is 2. The number of rotatable bonds is 6. The number of benzene rings is 1. The molecule has 0 spiro atoms. The van der Waals surface area contributed by atoms with Gasteiger partial charge in [-0.15, -0.1) is 0 Å². The van der Waals surface area contributed by atoms with Gasteiger partial charge < -0.3 is 9.80 Å². The summed E-state index contributed by atoms with van der Waals surface area (Å²) in [6.07, 6.45) is 7.46. The highest BCUT2D eigenvalue weighted by Gasteiger charge is 2.26. The van der Waals surface area contributed by atoms with E-state index in [2.05, 4.69) is 63.2 Å². The van der Waals surface area contributed by atoms with E-state index in [0.717, 1.165) is 37.8 Å². The van der Waals surface area contributed by atoms with Crippen molar-refractivity contribution in [2.24, 2.45) is 0 Å². The zero-order valence-corrected chi connectivity index (χ0v) is 15.3. The molecule has 0 N–H and O–H groups in total. The van der Waals surface area contributed by atoms with Gasteiger partial charge >= 0.3 is 0 Å². The van der Waals surface area contributed by atoms with Gasteiger partial charge in [0.15, 0.2) is 0 Å². The molecule has 1 saturated heterocycles. The monoisotopic (exact) mass is 337 g/mol. The minimum Gasteiger partial charge on any atom is -0.355 e. The maximum absolute atomic E-state index is 4.65. The van der Waals surface area contributed by atoms with Crippen LogP contribution in [0.4, 0.5) is 11.8 Å². The molecule has 1 fully saturated rings. The van der Waals surface area contributed by atoms with Crippen molar-refractivity contribution in [3.8, 4) is 0 Å². The smallest absolute Gasteiger partial charge is 0.226 e. The maximum atomic E-state index is 4.65. The third-order valence-corrected chi connectivity index (χ3v) is 4.66. The standard InChI is InChI=1S/C20H27N5/c1-23(2)20-21-13-11-19(22-20)24(3)18-12-15-25(16-18)14-7-10-17-8-5-4-6-9-17/h4-11,13,18H,12,14-16H2,1-3H3/b10-7+. The van der Waals surface area contributed by atoms with Crippen molar-refractivity contribution >= 4 is 17.8 Å². The van der Waals surface area contributed by atoms with E-state index in [-0.39, 0.29) is 0 Å². The molecule has 1 atom stereocenters. The lowest BCUT2D eigenvalue weighted by molar-refractivity contribution is 0.371. The molecule has 0 amide bonds. The van der Waals surface area contributed by atoms with Crippen molar-refractivity contribution in [1.29, 1.82) is 0 Å². The van der Waals surface area contributed by atoms with Gasteiger partial charge in [0, 0.05) is 53.0 Å². The fourth-order valence-corrected chi connectivity index (χ4v) is 3.13. The molecule has 1 aliphatic heterocycles. The van der Waals surface area contributed by atoms with Crippen LogP contribution in [0, 0.1) is 0 Å².